The van der Waals surface area contributed by atoms with Crippen molar-refractivity contribution in [2.24, 2.45) is 0 Å². The number of hydrogen-bond donors (Lipinski definition) is 2. The molecule has 0 saturated carbocycles. The Bertz CT molecular complexity index is 916. The van der Waals surface area contributed by atoms with E-state index in [1.165, 1.54) is 16.0 Å². The highest BCUT2D eigenvalue weighted by Crippen LogP contribution is 2.41. The van der Waals surface area contributed by atoms with Crippen molar-refractivity contribution in [3.8, 4) is 0 Å². The van der Waals surface area contributed by atoms with Gasteiger partial charge in [0.2, 0.25) is 0 Å². The Morgan fingerprint density at radius 2 is 1.81 bits per heavy atom. The van der Waals surface area contributed by atoms with Crippen LogP contribution in [0.4, 0.5) is 4.39 Å². The first-order valence-electron chi connectivity index (χ1n) is 11.3. The molecule has 0 radical (unpaired) electrons. The molecule has 31 heavy (non-hydrogen) atoms. The third-order valence-corrected chi connectivity index (χ3v) is 8.17. The van der Waals surface area contributed by atoms with Crippen LogP contribution in [0.2, 0.25) is 5.02 Å². The number of hydrogen-bond acceptors (Lipinski definition) is 3. The summed E-state index contributed by atoms with van der Waals surface area (Å²) < 4.78 is 25.5. The van der Waals surface area contributed by atoms with Crippen LogP contribution in [0, 0.1) is 5.82 Å². The van der Waals surface area contributed by atoms with E-state index in [4.69, 9.17) is 21.1 Å². The van der Waals surface area contributed by atoms with E-state index in [-0.39, 0.29) is 12.1 Å². The van der Waals surface area contributed by atoms with Crippen LogP contribution < -0.4 is 9.80 Å². The monoisotopic (exact) mass is 464 g/mol. The lowest BCUT2D eigenvalue weighted by Gasteiger charge is -2.35. The zero-order valence-electron chi connectivity index (χ0n) is 17.7. The number of fused-ring (bicyclic) bond motifs is 2. The standard InChI is InChI=1S/C24H28ClFN2O2S/c25-18-2-5-22-17(14-18)15-21(20-4-3-19(26)16-23(20)31-22)28-10-8-27(9-11-28)7-6-24-29-12-1-13-30-24/h2-5,14,16,21,24H,1,6-13,15H2/p+2/t21-/m1/s1. The van der Waals surface area contributed by atoms with Gasteiger partial charge in [0, 0.05) is 33.2 Å². The molecule has 166 valence electrons. The van der Waals surface area contributed by atoms with Gasteiger partial charge in [-0.2, -0.15) is 0 Å². The maximum absolute atomic E-state index is 14.1. The highest BCUT2D eigenvalue weighted by molar-refractivity contribution is 7.99. The molecule has 0 aromatic heterocycles. The molecule has 0 aliphatic carbocycles. The smallest absolute Gasteiger partial charge is 0.162 e. The van der Waals surface area contributed by atoms with Gasteiger partial charge in [-0.05, 0) is 48.4 Å². The molecule has 2 N–H and O–H groups in total. The summed E-state index contributed by atoms with van der Waals surface area (Å²) in [6.45, 7) is 7.26. The van der Waals surface area contributed by atoms with Gasteiger partial charge in [0.1, 0.15) is 38.0 Å². The topological polar surface area (TPSA) is 27.3 Å². The number of rotatable bonds is 4. The lowest BCUT2D eigenvalue weighted by Crippen LogP contribution is -3.28. The fourth-order valence-corrected chi connectivity index (χ4v) is 6.39. The highest BCUT2D eigenvalue weighted by atomic mass is 35.5. The van der Waals surface area contributed by atoms with Crippen molar-refractivity contribution in [2.45, 2.75) is 41.4 Å². The van der Waals surface area contributed by atoms with Crippen molar-refractivity contribution in [3.63, 3.8) is 0 Å². The molecule has 0 amide bonds. The van der Waals surface area contributed by atoms with Crippen molar-refractivity contribution in [1.82, 2.24) is 0 Å². The second-order valence-electron chi connectivity index (χ2n) is 8.76. The van der Waals surface area contributed by atoms with Crippen LogP contribution in [0.1, 0.15) is 30.0 Å². The predicted molar refractivity (Wildman–Crippen MR) is 120 cm³/mol. The van der Waals surface area contributed by atoms with E-state index in [0.717, 1.165) is 75.1 Å². The van der Waals surface area contributed by atoms with Gasteiger partial charge < -0.3 is 19.3 Å². The van der Waals surface area contributed by atoms with Crippen LogP contribution >= 0.6 is 23.4 Å². The minimum atomic E-state index is -0.168. The molecule has 1 atom stereocenters. The van der Waals surface area contributed by atoms with Crippen LogP contribution in [0.5, 0.6) is 0 Å². The molecule has 0 unspecified atom stereocenters. The van der Waals surface area contributed by atoms with Crippen molar-refractivity contribution >= 4 is 23.4 Å². The molecule has 2 saturated heterocycles. The molecule has 3 aliphatic heterocycles. The summed E-state index contributed by atoms with van der Waals surface area (Å²) in [7, 11) is 0. The average molecular weight is 465 g/mol. The van der Waals surface area contributed by atoms with E-state index in [9.17, 15) is 4.39 Å². The summed E-state index contributed by atoms with van der Waals surface area (Å²) in [6.07, 6.45) is 2.90. The first-order chi connectivity index (χ1) is 15.2. The first-order valence-corrected chi connectivity index (χ1v) is 12.5. The van der Waals surface area contributed by atoms with Crippen LogP contribution in [0.3, 0.4) is 0 Å². The third-order valence-electron chi connectivity index (χ3n) is 6.74. The number of benzene rings is 2. The molecule has 3 heterocycles. The summed E-state index contributed by atoms with van der Waals surface area (Å²) in [5, 5.41) is 0.770. The lowest BCUT2D eigenvalue weighted by atomic mass is 9.96. The number of piperazine rings is 1. The zero-order valence-corrected chi connectivity index (χ0v) is 19.2. The Hall–Kier alpha value is -1.15. The van der Waals surface area contributed by atoms with Gasteiger partial charge in [-0.1, -0.05) is 23.4 Å². The van der Waals surface area contributed by atoms with Gasteiger partial charge in [-0.25, -0.2) is 4.39 Å². The predicted octanol–water partition coefficient (Wildman–Crippen LogP) is 2.16. The molecule has 0 bridgehead atoms. The normalized spacial score (nSPS) is 26.7. The Morgan fingerprint density at radius 3 is 2.61 bits per heavy atom. The minimum absolute atomic E-state index is 0.0199. The van der Waals surface area contributed by atoms with E-state index in [2.05, 4.69) is 12.1 Å². The zero-order chi connectivity index (χ0) is 21.2. The van der Waals surface area contributed by atoms with E-state index in [1.54, 1.807) is 33.7 Å². The number of ether oxygens (including phenoxy) is 2. The number of quaternary nitrogens is 2. The Morgan fingerprint density at radius 1 is 1.00 bits per heavy atom. The van der Waals surface area contributed by atoms with E-state index < -0.39 is 0 Å². The van der Waals surface area contributed by atoms with E-state index in [0.29, 0.717) is 6.04 Å². The van der Waals surface area contributed by atoms with Gasteiger partial charge in [0.15, 0.2) is 6.29 Å². The van der Waals surface area contributed by atoms with Crippen LogP contribution in [-0.2, 0) is 15.9 Å². The van der Waals surface area contributed by atoms with E-state index in [1.807, 2.05) is 12.1 Å². The Labute approximate surface area is 192 Å². The largest absolute Gasteiger partial charge is 0.352 e. The molecule has 3 aliphatic rings. The SMILES string of the molecule is Fc1ccc2c(c1)Sc1ccc(Cl)cc1C[C@H]2[NH+]1CC[NH+](CCC2OCCCO2)CC1. The summed E-state index contributed by atoms with van der Waals surface area (Å²) in [5.74, 6) is -0.168. The molecule has 5 rings (SSSR count). The fourth-order valence-electron chi connectivity index (χ4n) is 5.05. The number of halogens is 2. The van der Waals surface area contributed by atoms with E-state index >= 15 is 0 Å². The summed E-state index contributed by atoms with van der Waals surface area (Å²) in [5.41, 5.74) is 2.54. The molecule has 4 nitrogen and oxygen atoms in total. The second-order valence-corrected chi connectivity index (χ2v) is 10.3. The molecule has 7 heteroatoms. The van der Waals surface area contributed by atoms with Crippen molar-refractivity contribution in [3.05, 3.63) is 58.4 Å². The molecular weight excluding hydrogens is 435 g/mol. The van der Waals surface area contributed by atoms with Gasteiger partial charge >= 0.3 is 0 Å². The van der Waals surface area contributed by atoms with Crippen LogP contribution in [0.25, 0.3) is 0 Å². The fraction of sp³-hybridized carbons (Fsp3) is 0.500. The lowest BCUT2D eigenvalue weighted by molar-refractivity contribution is -1.03. The van der Waals surface area contributed by atoms with Gasteiger partial charge in [0.05, 0.1) is 19.8 Å². The van der Waals surface area contributed by atoms with Crippen LogP contribution in [0.15, 0.2) is 46.2 Å². The van der Waals surface area contributed by atoms with Gasteiger partial charge in [0.25, 0.3) is 0 Å². The van der Waals surface area contributed by atoms with Crippen molar-refractivity contribution in [2.75, 3.05) is 45.9 Å². The Balaban J connectivity index is 1.29. The minimum Gasteiger partial charge on any atom is -0.352 e. The van der Waals surface area contributed by atoms with Gasteiger partial charge in [-0.3, -0.25) is 0 Å². The molecule has 0 spiro atoms. The summed E-state index contributed by atoms with van der Waals surface area (Å²) in [4.78, 5) is 5.46. The molecule has 2 aromatic carbocycles. The van der Waals surface area contributed by atoms with Crippen molar-refractivity contribution < 1.29 is 23.7 Å². The van der Waals surface area contributed by atoms with Gasteiger partial charge in [-0.15, -0.1) is 0 Å². The third kappa shape index (κ3) is 5.10. The van der Waals surface area contributed by atoms with Crippen molar-refractivity contribution in [1.29, 1.82) is 0 Å². The molecule has 2 aromatic rings. The maximum atomic E-state index is 14.1. The quantitative estimate of drug-likeness (QED) is 0.726. The second kappa shape index (κ2) is 9.77. The molecular formula is C24H30ClFN2O2S+2. The average Bonchev–Trinajstić information content (AvgIpc) is 2.94. The summed E-state index contributed by atoms with van der Waals surface area (Å²) in [6, 6.07) is 11.7. The summed E-state index contributed by atoms with van der Waals surface area (Å²) >= 11 is 7.99. The molecule has 2 fully saturated rings. The van der Waals surface area contributed by atoms with Crippen LogP contribution in [-0.4, -0.2) is 52.2 Å². The first kappa shape index (κ1) is 21.7. The number of nitrogens with one attached hydrogen (secondary N) is 2. The highest BCUT2D eigenvalue weighted by Gasteiger charge is 2.35. The maximum Gasteiger partial charge on any atom is 0.162 e. The Kier molecular flexibility index (Phi) is 6.84.